The van der Waals surface area contributed by atoms with E-state index in [1.807, 2.05) is 0 Å². The first-order valence-electron chi connectivity index (χ1n) is 5.81. The van der Waals surface area contributed by atoms with Crippen molar-refractivity contribution in [2.75, 3.05) is 6.61 Å². The molecule has 0 aliphatic rings. The van der Waals surface area contributed by atoms with Gasteiger partial charge in [0, 0.05) is 12.1 Å². The van der Waals surface area contributed by atoms with Crippen LogP contribution in [0.1, 0.15) is 9.67 Å². The van der Waals surface area contributed by atoms with Crippen molar-refractivity contribution in [2.45, 2.75) is 0 Å². The number of non-ortho nitro benzene ring substituents is 1. The highest BCUT2D eigenvalue weighted by atomic mass is 32.1. The van der Waals surface area contributed by atoms with E-state index >= 15 is 0 Å². The van der Waals surface area contributed by atoms with Crippen molar-refractivity contribution in [3.8, 4) is 5.75 Å². The molecular weight excluding hydrogens is 296 g/mol. The zero-order valence-corrected chi connectivity index (χ0v) is 11.5. The number of nitro benzene ring substituents is 1. The van der Waals surface area contributed by atoms with E-state index in [1.165, 1.54) is 35.6 Å². The predicted octanol–water partition coefficient (Wildman–Crippen LogP) is 1.99. The first-order valence-corrected chi connectivity index (χ1v) is 6.69. The van der Waals surface area contributed by atoms with Crippen LogP contribution in [0.25, 0.3) is 0 Å². The Kier molecular flexibility index (Phi) is 4.62. The van der Waals surface area contributed by atoms with Crippen LogP contribution in [0.15, 0.2) is 41.8 Å². The highest BCUT2D eigenvalue weighted by Gasteiger charge is 2.12. The number of nitro groups is 1. The third kappa shape index (κ3) is 4.11. The number of benzene rings is 1. The van der Waals surface area contributed by atoms with Gasteiger partial charge in [0.25, 0.3) is 17.5 Å². The molecule has 21 heavy (non-hydrogen) atoms. The molecule has 8 heteroatoms. The number of nitrogens with one attached hydrogen (secondary N) is 1. The topological polar surface area (TPSA) is 98.5 Å². The molecular formula is C13H10N2O5S. The van der Waals surface area contributed by atoms with Gasteiger partial charge < -0.3 is 4.74 Å². The smallest absolute Gasteiger partial charge is 0.269 e. The first-order chi connectivity index (χ1) is 10.1. The normalized spacial score (nSPS) is 9.90. The molecule has 108 valence electrons. The van der Waals surface area contributed by atoms with E-state index in [0.29, 0.717) is 10.6 Å². The van der Waals surface area contributed by atoms with Crippen molar-refractivity contribution in [3.05, 3.63) is 56.8 Å². The maximum Gasteiger partial charge on any atom is 0.269 e. The summed E-state index contributed by atoms with van der Waals surface area (Å²) >= 11 is 1.22. The largest absolute Gasteiger partial charge is 0.484 e. The van der Waals surface area contributed by atoms with Crippen LogP contribution in [0.4, 0.5) is 5.69 Å². The number of ether oxygens (including phenoxy) is 1. The fourth-order valence-corrected chi connectivity index (χ4v) is 2.06. The van der Waals surface area contributed by atoms with E-state index < -0.39 is 16.7 Å². The number of nitrogens with zero attached hydrogens (tertiary/aromatic N) is 1. The van der Waals surface area contributed by atoms with Gasteiger partial charge in [-0.05, 0) is 23.6 Å². The number of imide groups is 1. The van der Waals surface area contributed by atoms with Gasteiger partial charge in [-0.3, -0.25) is 25.0 Å². The van der Waals surface area contributed by atoms with Gasteiger partial charge in [-0.15, -0.1) is 11.3 Å². The fourth-order valence-electron chi connectivity index (χ4n) is 1.45. The zero-order chi connectivity index (χ0) is 15.2. The molecule has 0 radical (unpaired) electrons. The van der Waals surface area contributed by atoms with Crippen LogP contribution >= 0.6 is 11.3 Å². The summed E-state index contributed by atoms with van der Waals surface area (Å²) in [6, 6.07) is 8.61. The summed E-state index contributed by atoms with van der Waals surface area (Å²) in [5.41, 5.74) is -0.0697. The number of rotatable bonds is 5. The molecule has 0 atom stereocenters. The molecule has 1 heterocycles. The average molecular weight is 306 g/mol. The van der Waals surface area contributed by atoms with Gasteiger partial charge in [-0.2, -0.15) is 0 Å². The van der Waals surface area contributed by atoms with Gasteiger partial charge in [0.1, 0.15) is 5.75 Å². The maximum atomic E-state index is 11.6. The Morgan fingerprint density at radius 3 is 2.52 bits per heavy atom. The Balaban J connectivity index is 1.83. The highest BCUT2D eigenvalue weighted by Crippen LogP contribution is 2.17. The molecule has 0 fully saturated rings. The van der Waals surface area contributed by atoms with Crippen LogP contribution in [-0.2, 0) is 4.79 Å². The first kappa shape index (κ1) is 14.7. The van der Waals surface area contributed by atoms with Crippen molar-refractivity contribution in [1.29, 1.82) is 0 Å². The third-order valence-corrected chi connectivity index (χ3v) is 3.28. The zero-order valence-electron chi connectivity index (χ0n) is 10.6. The summed E-state index contributed by atoms with van der Waals surface area (Å²) < 4.78 is 5.14. The minimum atomic E-state index is -0.591. The summed E-state index contributed by atoms with van der Waals surface area (Å²) in [5.74, 6) is -0.770. The third-order valence-electron chi connectivity index (χ3n) is 2.42. The number of thiophene rings is 1. The molecule has 1 aromatic heterocycles. The van der Waals surface area contributed by atoms with Gasteiger partial charge in [-0.1, -0.05) is 6.07 Å². The monoisotopic (exact) mass is 306 g/mol. The van der Waals surface area contributed by atoms with Gasteiger partial charge >= 0.3 is 0 Å². The number of amides is 2. The SMILES string of the molecule is O=C(COc1ccc([N+](=O)[O-])cc1)NC(=O)c1cccs1. The Morgan fingerprint density at radius 2 is 1.95 bits per heavy atom. The fraction of sp³-hybridized carbons (Fsp3) is 0.0769. The molecule has 1 N–H and O–H groups in total. The molecule has 0 saturated carbocycles. The van der Waals surface area contributed by atoms with E-state index in [-0.39, 0.29) is 12.3 Å². The Bertz CT molecular complexity index is 652. The van der Waals surface area contributed by atoms with E-state index in [9.17, 15) is 19.7 Å². The van der Waals surface area contributed by atoms with Crippen molar-refractivity contribution < 1.29 is 19.2 Å². The van der Waals surface area contributed by atoms with Crippen molar-refractivity contribution in [3.63, 3.8) is 0 Å². The molecule has 0 unspecified atom stereocenters. The molecule has 2 aromatic rings. The number of hydrogen-bond donors (Lipinski definition) is 1. The second kappa shape index (κ2) is 6.62. The van der Waals surface area contributed by atoms with Crippen LogP contribution in [0.2, 0.25) is 0 Å². The van der Waals surface area contributed by atoms with E-state index in [0.717, 1.165) is 0 Å². The Morgan fingerprint density at radius 1 is 1.24 bits per heavy atom. The van der Waals surface area contributed by atoms with E-state index in [2.05, 4.69) is 5.32 Å². The van der Waals surface area contributed by atoms with E-state index in [1.54, 1.807) is 17.5 Å². The molecule has 1 aromatic carbocycles. The lowest BCUT2D eigenvalue weighted by atomic mass is 10.3. The molecule has 0 spiro atoms. The van der Waals surface area contributed by atoms with Crippen molar-refractivity contribution in [1.82, 2.24) is 5.32 Å². The number of carbonyl (C=O) groups is 2. The van der Waals surface area contributed by atoms with Crippen LogP contribution in [0.3, 0.4) is 0 Å². The van der Waals surface area contributed by atoms with Gasteiger partial charge in [0.2, 0.25) is 0 Å². The Labute approximate surface area is 123 Å². The van der Waals surface area contributed by atoms with Gasteiger partial charge in [0.15, 0.2) is 6.61 Å². The summed E-state index contributed by atoms with van der Waals surface area (Å²) in [4.78, 5) is 33.5. The number of hydrogen-bond acceptors (Lipinski definition) is 6. The molecule has 7 nitrogen and oxygen atoms in total. The molecule has 0 aliphatic carbocycles. The summed E-state index contributed by atoms with van der Waals surface area (Å²) in [7, 11) is 0. The Hall–Kier alpha value is -2.74. The van der Waals surface area contributed by atoms with Gasteiger partial charge in [-0.25, -0.2) is 0 Å². The molecule has 2 amide bonds. The second-order valence-electron chi connectivity index (χ2n) is 3.89. The molecule has 0 bridgehead atoms. The van der Waals surface area contributed by atoms with E-state index in [4.69, 9.17) is 4.74 Å². The minimum absolute atomic E-state index is 0.0697. The summed E-state index contributed by atoms with van der Waals surface area (Å²) in [6.07, 6.45) is 0. The number of carbonyl (C=O) groups excluding carboxylic acids is 2. The lowest BCUT2D eigenvalue weighted by molar-refractivity contribution is -0.384. The predicted molar refractivity (Wildman–Crippen MR) is 75.4 cm³/mol. The van der Waals surface area contributed by atoms with Crippen LogP contribution < -0.4 is 10.1 Å². The van der Waals surface area contributed by atoms with Crippen molar-refractivity contribution >= 4 is 28.8 Å². The quantitative estimate of drug-likeness (QED) is 0.673. The molecule has 0 aliphatic heterocycles. The standard InChI is InChI=1S/C13H10N2O5S/c16-12(14-13(17)11-2-1-7-21-11)8-20-10-5-3-9(4-6-10)15(18)19/h1-7H,8H2,(H,14,16,17). The van der Waals surface area contributed by atoms with Crippen LogP contribution in [-0.4, -0.2) is 23.3 Å². The van der Waals surface area contributed by atoms with Crippen LogP contribution in [0.5, 0.6) is 5.75 Å². The minimum Gasteiger partial charge on any atom is -0.484 e. The maximum absolute atomic E-state index is 11.6. The lowest BCUT2D eigenvalue weighted by Gasteiger charge is -2.05. The summed E-state index contributed by atoms with van der Waals surface area (Å²) in [5, 5.41) is 14.4. The molecule has 0 saturated heterocycles. The molecule has 2 rings (SSSR count). The summed E-state index contributed by atoms with van der Waals surface area (Å²) in [6.45, 7) is -0.352. The van der Waals surface area contributed by atoms with Crippen LogP contribution in [0, 0.1) is 10.1 Å². The highest BCUT2D eigenvalue weighted by molar-refractivity contribution is 7.12. The second-order valence-corrected chi connectivity index (χ2v) is 4.84. The van der Waals surface area contributed by atoms with Crippen molar-refractivity contribution in [2.24, 2.45) is 0 Å². The lowest BCUT2D eigenvalue weighted by Crippen LogP contribution is -2.33. The average Bonchev–Trinajstić information content (AvgIpc) is 3.00. The van der Waals surface area contributed by atoms with Gasteiger partial charge in [0.05, 0.1) is 9.80 Å².